The maximum atomic E-state index is 12.3. The Hall–Kier alpha value is -3.00. The van der Waals surface area contributed by atoms with Gasteiger partial charge < -0.3 is 14.0 Å². The molecule has 0 bridgehead atoms. The second kappa shape index (κ2) is 7.92. The van der Waals surface area contributed by atoms with Crippen LogP contribution in [0.25, 0.3) is 11.4 Å². The molecule has 0 saturated heterocycles. The number of aromatic nitrogens is 2. The quantitative estimate of drug-likeness (QED) is 0.586. The molecular formula is C18H13BrN2O5. The van der Waals surface area contributed by atoms with Crippen molar-refractivity contribution in [2.75, 3.05) is 7.11 Å². The van der Waals surface area contributed by atoms with Gasteiger partial charge in [-0.3, -0.25) is 0 Å². The van der Waals surface area contributed by atoms with Crippen molar-refractivity contribution in [1.29, 1.82) is 0 Å². The van der Waals surface area contributed by atoms with E-state index in [1.54, 1.807) is 12.1 Å². The molecule has 3 aromatic rings. The van der Waals surface area contributed by atoms with Gasteiger partial charge in [-0.25, -0.2) is 9.59 Å². The number of esters is 2. The average Bonchev–Trinajstić information content (AvgIpc) is 3.14. The molecule has 1 heterocycles. The lowest BCUT2D eigenvalue weighted by Gasteiger charge is -2.06. The van der Waals surface area contributed by atoms with Gasteiger partial charge in [-0.2, -0.15) is 4.98 Å². The summed E-state index contributed by atoms with van der Waals surface area (Å²) in [5, 5.41) is 3.86. The zero-order chi connectivity index (χ0) is 18.5. The molecule has 132 valence electrons. The number of methoxy groups -OCH3 is 1. The van der Waals surface area contributed by atoms with E-state index < -0.39 is 11.9 Å². The van der Waals surface area contributed by atoms with Crippen molar-refractivity contribution in [2.45, 2.75) is 6.61 Å². The standard InChI is InChI=1S/C18H13BrN2O5/c1-24-17(22)13-7-2-3-8-14(13)18(23)25-10-15-20-16(21-26-15)11-5-4-6-12(19)9-11/h2-9H,10H2,1H3. The monoisotopic (exact) mass is 416 g/mol. The molecule has 1 aromatic heterocycles. The van der Waals surface area contributed by atoms with Gasteiger partial charge in [0.15, 0.2) is 6.61 Å². The lowest BCUT2D eigenvalue weighted by atomic mass is 10.1. The zero-order valence-electron chi connectivity index (χ0n) is 13.6. The molecule has 0 aliphatic carbocycles. The van der Waals surface area contributed by atoms with Crippen LogP contribution in [0.5, 0.6) is 0 Å². The number of rotatable bonds is 5. The second-order valence-corrected chi connectivity index (χ2v) is 6.05. The van der Waals surface area contributed by atoms with Crippen molar-refractivity contribution >= 4 is 27.9 Å². The first-order chi connectivity index (χ1) is 12.6. The molecule has 0 unspecified atom stereocenters. The van der Waals surface area contributed by atoms with Crippen molar-refractivity contribution in [2.24, 2.45) is 0 Å². The highest BCUT2D eigenvalue weighted by molar-refractivity contribution is 9.10. The number of benzene rings is 2. The SMILES string of the molecule is COC(=O)c1ccccc1C(=O)OCc1nc(-c2cccc(Br)c2)no1. The van der Waals surface area contributed by atoms with Gasteiger partial charge in [-0.05, 0) is 24.3 Å². The highest BCUT2D eigenvalue weighted by Gasteiger charge is 2.19. The fourth-order valence-corrected chi connectivity index (χ4v) is 2.61. The number of nitrogens with zero attached hydrogens (tertiary/aromatic N) is 2. The third-order valence-corrected chi connectivity index (χ3v) is 3.92. The van der Waals surface area contributed by atoms with Gasteiger partial charge in [0.2, 0.25) is 5.82 Å². The number of carbonyl (C=O) groups excluding carboxylic acids is 2. The van der Waals surface area contributed by atoms with E-state index in [0.717, 1.165) is 10.0 Å². The summed E-state index contributed by atoms with van der Waals surface area (Å²) < 4.78 is 15.8. The van der Waals surface area contributed by atoms with Crippen LogP contribution in [-0.2, 0) is 16.1 Å². The van der Waals surface area contributed by atoms with E-state index in [1.165, 1.54) is 19.2 Å². The summed E-state index contributed by atoms with van der Waals surface area (Å²) in [6, 6.07) is 13.6. The van der Waals surface area contributed by atoms with Crippen LogP contribution >= 0.6 is 15.9 Å². The summed E-state index contributed by atoms with van der Waals surface area (Å²) in [4.78, 5) is 28.2. The summed E-state index contributed by atoms with van der Waals surface area (Å²) in [5.41, 5.74) is 0.989. The molecule has 0 radical (unpaired) electrons. The molecule has 26 heavy (non-hydrogen) atoms. The maximum absolute atomic E-state index is 12.3. The Kier molecular flexibility index (Phi) is 5.43. The minimum atomic E-state index is -0.687. The molecule has 0 N–H and O–H groups in total. The van der Waals surface area contributed by atoms with E-state index in [0.29, 0.717) is 5.82 Å². The second-order valence-electron chi connectivity index (χ2n) is 5.14. The molecule has 0 amide bonds. The fraction of sp³-hybridized carbons (Fsp3) is 0.111. The lowest BCUT2D eigenvalue weighted by molar-refractivity contribution is 0.0418. The molecular weight excluding hydrogens is 404 g/mol. The largest absolute Gasteiger partial charge is 0.465 e. The number of halogens is 1. The molecule has 3 rings (SSSR count). The van der Waals surface area contributed by atoms with Gasteiger partial charge in [0.25, 0.3) is 5.89 Å². The zero-order valence-corrected chi connectivity index (χ0v) is 15.2. The molecule has 0 fully saturated rings. The molecule has 0 aliphatic heterocycles. The van der Waals surface area contributed by atoms with E-state index in [-0.39, 0.29) is 23.6 Å². The lowest BCUT2D eigenvalue weighted by Crippen LogP contribution is -2.13. The van der Waals surface area contributed by atoms with Crippen LogP contribution in [0.2, 0.25) is 0 Å². The van der Waals surface area contributed by atoms with E-state index in [2.05, 4.69) is 30.8 Å². The van der Waals surface area contributed by atoms with Crippen LogP contribution in [0.15, 0.2) is 57.5 Å². The Morgan fingerprint density at radius 3 is 2.50 bits per heavy atom. The van der Waals surface area contributed by atoms with Crippen LogP contribution in [0, 0.1) is 0 Å². The average molecular weight is 417 g/mol. The van der Waals surface area contributed by atoms with Crippen LogP contribution < -0.4 is 0 Å². The molecule has 8 heteroatoms. The van der Waals surface area contributed by atoms with Gasteiger partial charge in [-0.15, -0.1) is 0 Å². The fourth-order valence-electron chi connectivity index (χ4n) is 2.21. The van der Waals surface area contributed by atoms with Crippen LogP contribution in [-0.4, -0.2) is 29.2 Å². The minimum absolute atomic E-state index is 0.103. The van der Waals surface area contributed by atoms with Crippen LogP contribution in [0.3, 0.4) is 0 Å². The first-order valence-corrected chi connectivity index (χ1v) is 8.31. The Morgan fingerprint density at radius 2 is 1.81 bits per heavy atom. The smallest absolute Gasteiger partial charge is 0.339 e. The number of hydrogen-bond donors (Lipinski definition) is 0. The van der Waals surface area contributed by atoms with Crippen molar-refractivity contribution < 1.29 is 23.6 Å². The number of hydrogen-bond acceptors (Lipinski definition) is 7. The molecule has 0 saturated carbocycles. The number of carbonyl (C=O) groups is 2. The summed E-state index contributed by atoms with van der Waals surface area (Å²) in [7, 11) is 1.24. The molecule has 0 atom stereocenters. The van der Waals surface area contributed by atoms with Crippen molar-refractivity contribution in [3.63, 3.8) is 0 Å². The third kappa shape index (κ3) is 3.97. The van der Waals surface area contributed by atoms with Crippen molar-refractivity contribution in [3.05, 3.63) is 70.0 Å². The maximum Gasteiger partial charge on any atom is 0.339 e. The first-order valence-electron chi connectivity index (χ1n) is 7.51. The summed E-state index contributed by atoms with van der Waals surface area (Å²) >= 11 is 3.37. The van der Waals surface area contributed by atoms with Crippen molar-refractivity contribution in [1.82, 2.24) is 10.1 Å². The number of ether oxygens (including phenoxy) is 2. The Bertz CT molecular complexity index is 954. The predicted octanol–water partition coefficient (Wildman–Crippen LogP) is 3.64. The van der Waals surface area contributed by atoms with E-state index in [9.17, 15) is 9.59 Å². The highest BCUT2D eigenvalue weighted by Crippen LogP contribution is 2.20. The summed E-state index contributed by atoms with van der Waals surface area (Å²) in [6.45, 7) is -0.213. The summed E-state index contributed by atoms with van der Waals surface area (Å²) in [5.74, 6) is -0.781. The third-order valence-electron chi connectivity index (χ3n) is 3.43. The van der Waals surface area contributed by atoms with Gasteiger partial charge >= 0.3 is 11.9 Å². The summed E-state index contributed by atoms with van der Waals surface area (Å²) in [6.07, 6.45) is 0. The molecule has 0 aliphatic rings. The Morgan fingerprint density at radius 1 is 1.08 bits per heavy atom. The topological polar surface area (TPSA) is 91.5 Å². The van der Waals surface area contributed by atoms with Gasteiger partial charge in [0, 0.05) is 10.0 Å². The van der Waals surface area contributed by atoms with E-state index in [4.69, 9.17) is 9.26 Å². The normalized spacial score (nSPS) is 10.4. The first kappa shape index (κ1) is 17.8. The predicted molar refractivity (Wildman–Crippen MR) is 94.3 cm³/mol. The van der Waals surface area contributed by atoms with Gasteiger partial charge in [0.05, 0.1) is 18.2 Å². The minimum Gasteiger partial charge on any atom is -0.465 e. The molecule has 2 aromatic carbocycles. The van der Waals surface area contributed by atoms with Crippen LogP contribution in [0.4, 0.5) is 0 Å². The highest BCUT2D eigenvalue weighted by atomic mass is 79.9. The van der Waals surface area contributed by atoms with E-state index in [1.807, 2.05) is 24.3 Å². The van der Waals surface area contributed by atoms with Gasteiger partial charge in [0.1, 0.15) is 0 Å². The van der Waals surface area contributed by atoms with E-state index >= 15 is 0 Å². The van der Waals surface area contributed by atoms with Gasteiger partial charge in [-0.1, -0.05) is 45.4 Å². The Balaban J connectivity index is 1.70. The van der Waals surface area contributed by atoms with Crippen molar-refractivity contribution in [3.8, 4) is 11.4 Å². The Labute approximate surface area is 157 Å². The molecule has 0 spiro atoms. The van der Waals surface area contributed by atoms with Crippen LogP contribution in [0.1, 0.15) is 26.6 Å². The molecule has 7 nitrogen and oxygen atoms in total.